The second-order valence-electron chi connectivity index (χ2n) is 17.5. The molecule has 6 aliphatic heterocycles. The second kappa shape index (κ2) is 17.5. The van der Waals surface area contributed by atoms with Crippen LogP contribution in [-0.2, 0) is 25.7 Å². The normalized spacial score (nSPS) is 20.2. The highest BCUT2D eigenvalue weighted by Gasteiger charge is 2.45. The van der Waals surface area contributed by atoms with Gasteiger partial charge in [-0.2, -0.15) is 4.98 Å². The number of ether oxygens (including phenoxy) is 2. The molecule has 344 valence electrons. The van der Waals surface area contributed by atoms with Gasteiger partial charge in [0.1, 0.15) is 23.4 Å². The van der Waals surface area contributed by atoms with Crippen LogP contribution in [0.3, 0.4) is 0 Å². The molecule has 4 aromatic rings. The summed E-state index contributed by atoms with van der Waals surface area (Å²) in [5.74, 6) is -0.473. The van der Waals surface area contributed by atoms with Gasteiger partial charge in [-0.05, 0) is 49.6 Å². The van der Waals surface area contributed by atoms with E-state index in [-0.39, 0.29) is 66.2 Å². The van der Waals surface area contributed by atoms with Crippen molar-refractivity contribution in [1.29, 1.82) is 0 Å². The number of nitrogens with zero attached hydrogens (tertiary/aromatic N) is 8. The fourth-order valence-corrected chi connectivity index (χ4v) is 9.95. The Morgan fingerprint density at radius 2 is 1.68 bits per heavy atom. The Hall–Kier alpha value is -6.80. The number of aromatic nitrogens is 3. The summed E-state index contributed by atoms with van der Waals surface area (Å²) in [6, 6.07) is 9.44. The molecule has 1 unspecified atom stereocenters. The highest BCUT2D eigenvalue weighted by atomic mass is 35.5. The van der Waals surface area contributed by atoms with E-state index >= 15 is 0 Å². The molecule has 10 rings (SSSR count). The van der Waals surface area contributed by atoms with Gasteiger partial charge in [-0.15, -0.1) is 0 Å². The minimum Gasteiger partial charge on any atom is -0.489 e. The highest BCUT2D eigenvalue weighted by Crippen LogP contribution is 2.37. The summed E-state index contributed by atoms with van der Waals surface area (Å²) in [6.07, 6.45) is 3.07. The van der Waals surface area contributed by atoms with Gasteiger partial charge in [0.2, 0.25) is 23.7 Å². The number of piperazine rings is 1. The molecule has 1 atom stereocenters. The number of fused-ring (bicyclic) bond motifs is 1. The average Bonchev–Trinajstić information content (AvgIpc) is 3.56. The summed E-state index contributed by atoms with van der Waals surface area (Å²) in [5.41, 5.74) is 2.29. The van der Waals surface area contributed by atoms with Crippen molar-refractivity contribution in [2.75, 3.05) is 94.3 Å². The molecule has 6 aliphatic rings. The van der Waals surface area contributed by atoms with Gasteiger partial charge in [0, 0.05) is 107 Å². The highest BCUT2D eigenvalue weighted by molar-refractivity contribution is 6.33. The monoisotopic (exact) mass is 921 g/mol. The molecule has 6 amide bonds. The number of piperidine rings is 2. The third kappa shape index (κ3) is 8.12. The molecule has 66 heavy (non-hydrogen) atoms. The van der Waals surface area contributed by atoms with Crippen LogP contribution in [0.2, 0.25) is 5.02 Å². The van der Waals surface area contributed by atoms with Crippen LogP contribution in [0.1, 0.15) is 46.4 Å². The molecule has 0 radical (unpaired) electrons. The summed E-state index contributed by atoms with van der Waals surface area (Å²) in [7, 11) is 1.50. The maximum absolute atomic E-state index is 13.7. The Morgan fingerprint density at radius 3 is 2.44 bits per heavy atom. The van der Waals surface area contributed by atoms with Crippen LogP contribution in [0, 0.1) is 11.8 Å². The van der Waals surface area contributed by atoms with Crippen LogP contribution in [-0.4, -0.2) is 150 Å². The van der Waals surface area contributed by atoms with Gasteiger partial charge >= 0.3 is 0 Å². The van der Waals surface area contributed by atoms with Gasteiger partial charge < -0.3 is 34.8 Å². The fourth-order valence-electron chi connectivity index (χ4n) is 9.81. The molecule has 0 saturated carbocycles. The van der Waals surface area contributed by atoms with Crippen molar-refractivity contribution in [3.8, 4) is 11.5 Å². The maximum atomic E-state index is 13.7. The van der Waals surface area contributed by atoms with Crippen molar-refractivity contribution in [3.05, 3.63) is 69.1 Å². The van der Waals surface area contributed by atoms with Gasteiger partial charge in [-0.25, -0.2) is 4.98 Å². The number of rotatable bonds is 11. The Balaban J connectivity index is 0.697. The van der Waals surface area contributed by atoms with E-state index in [1.54, 1.807) is 35.0 Å². The van der Waals surface area contributed by atoms with E-state index in [4.69, 9.17) is 26.1 Å². The molecule has 4 saturated heterocycles. The molecule has 21 heteroatoms. The van der Waals surface area contributed by atoms with Gasteiger partial charge in [0.25, 0.3) is 23.3 Å². The lowest BCUT2D eigenvalue weighted by molar-refractivity contribution is -0.138. The Morgan fingerprint density at radius 1 is 0.909 bits per heavy atom. The van der Waals surface area contributed by atoms with Crippen molar-refractivity contribution >= 4 is 81.1 Å². The average molecular weight is 922 g/mol. The number of hydrogen-bond donors (Lipinski definition) is 3. The topological polar surface area (TPSA) is 221 Å². The first-order valence-corrected chi connectivity index (χ1v) is 22.6. The molecule has 4 fully saturated rings. The summed E-state index contributed by atoms with van der Waals surface area (Å²) < 4.78 is 13.1. The number of anilines is 4. The smallest absolute Gasteiger partial charge is 0.293 e. The zero-order valence-corrected chi connectivity index (χ0v) is 37.0. The Kier molecular flexibility index (Phi) is 11.5. The fraction of sp³-hybridized carbons (Fsp3) is 0.444. The third-order valence-electron chi connectivity index (χ3n) is 13.4. The van der Waals surface area contributed by atoms with Gasteiger partial charge in [-0.1, -0.05) is 11.6 Å². The van der Waals surface area contributed by atoms with Gasteiger partial charge in [-0.3, -0.25) is 53.2 Å². The lowest BCUT2D eigenvalue weighted by atomic mass is 9.95. The van der Waals surface area contributed by atoms with Gasteiger partial charge in [0.05, 0.1) is 29.4 Å². The number of likely N-dealkylation sites (N-methyl/N-ethyl adjacent to an activating group) is 1. The number of pyridine rings is 1. The third-order valence-corrected chi connectivity index (χ3v) is 13.7. The van der Waals surface area contributed by atoms with E-state index in [1.807, 2.05) is 17.0 Å². The molecule has 2 aromatic heterocycles. The molecule has 20 nitrogen and oxygen atoms in total. The molecule has 8 heterocycles. The van der Waals surface area contributed by atoms with Crippen molar-refractivity contribution in [3.63, 3.8) is 0 Å². The SMILES string of the molecule is CNC(=O)COc1cc2cc(Nc3nc(N4CCC(C(=O)N5CCN(CC6CN(c7ccc8c(c7)C(=O)N(C7CCC(=O)NC7=O)C8=O)C6)CC5)CC4)ncc3Cl)cc3c2n(c1=O)CCO3. The number of halogens is 1. The van der Waals surface area contributed by atoms with Crippen molar-refractivity contribution in [2.45, 2.75) is 38.3 Å². The predicted octanol–water partition coefficient (Wildman–Crippen LogP) is 1.60. The first-order valence-electron chi connectivity index (χ1n) is 22.3. The first-order chi connectivity index (χ1) is 31.9. The predicted molar refractivity (Wildman–Crippen MR) is 240 cm³/mol. The lowest BCUT2D eigenvalue weighted by Gasteiger charge is -2.45. The van der Waals surface area contributed by atoms with Crippen molar-refractivity contribution in [2.24, 2.45) is 11.8 Å². The number of carbonyl (C=O) groups is 6. The number of amides is 6. The van der Waals surface area contributed by atoms with E-state index in [1.165, 1.54) is 7.05 Å². The summed E-state index contributed by atoms with van der Waals surface area (Å²) in [4.78, 5) is 108. The van der Waals surface area contributed by atoms with E-state index in [2.05, 4.69) is 35.6 Å². The summed E-state index contributed by atoms with van der Waals surface area (Å²) in [5, 5.41) is 8.99. The number of nitrogens with one attached hydrogen (secondary N) is 3. The zero-order chi connectivity index (χ0) is 45.8. The standard InChI is InChI=1S/C45H48ClN11O9/c1-47-37(59)24-66-35-17-27-16-28(18-34-38(27)56(44(35)64)14-15-65-34)49-39-32(46)20-48-45(51-39)54-8-6-26(7-9-54)41(61)53-12-10-52(11-13-53)21-25-22-55(23-25)29-2-3-30-31(19-29)43(63)57(42(30)62)33-4-5-36(58)50-40(33)60/h2-3,16-20,25-26,33H,4-15,21-24H2,1H3,(H,47,59)(H,48,49,51)(H,50,58,60). The molecular weight excluding hydrogens is 874 g/mol. The minimum atomic E-state index is -0.995. The quantitative estimate of drug-likeness (QED) is 0.182. The van der Waals surface area contributed by atoms with Crippen molar-refractivity contribution < 1.29 is 38.2 Å². The van der Waals surface area contributed by atoms with E-state index in [0.29, 0.717) is 90.6 Å². The van der Waals surface area contributed by atoms with Crippen LogP contribution in [0.4, 0.5) is 23.1 Å². The van der Waals surface area contributed by atoms with Crippen LogP contribution >= 0.6 is 11.6 Å². The minimum absolute atomic E-state index is 0.0562. The molecule has 0 bridgehead atoms. The second-order valence-corrected chi connectivity index (χ2v) is 17.9. The maximum Gasteiger partial charge on any atom is 0.293 e. The Labute approximate surface area is 383 Å². The number of hydrogen-bond acceptors (Lipinski definition) is 15. The number of carbonyl (C=O) groups excluding carboxylic acids is 6. The summed E-state index contributed by atoms with van der Waals surface area (Å²) in [6.45, 7) is 6.94. The van der Waals surface area contributed by atoms with Crippen LogP contribution in [0.25, 0.3) is 10.9 Å². The summed E-state index contributed by atoms with van der Waals surface area (Å²) >= 11 is 6.60. The molecule has 2 aromatic carbocycles. The zero-order valence-electron chi connectivity index (χ0n) is 36.2. The van der Waals surface area contributed by atoms with Crippen LogP contribution < -0.4 is 40.8 Å². The largest absolute Gasteiger partial charge is 0.489 e. The van der Waals surface area contributed by atoms with Crippen LogP contribution in [0.15, 0.2) is 47.4 Å². The van der Waals surface area contributed by atoms with E-state index in [9.17, 15) is 33.6 Å². The number of imide groups is 2. The Bertz CT molecular complexity index is 2740. The molecular formula is C45H48ClN11O9. The molecule has 0 aliphatic carbocycles. The van der Waals surface area contributed by atoms with E-state index < -0.39 is 29.7 Å². The van der Waals surface area contributed by atoms with Crippen LogP contribution in [0.5, 0.6) is 11.5 Å². The lowest BCUT2D eigenvalue weighted by Crippen LogP contribution is -2.56. The molecule has 0 spiro atoms. The van der Waals surface area contributed by atoms with Crippen molar-refractivity contribution in [1.82, 2.24) is 39.9 Å². The number of benzene rings is 2. The van der Waals surface area contributed by atoms with E-state index in [0.717, 1.165) is 43.3 Å². The molecule has 3 N–H and O–H groups in total. The van der Waals surface area contributed by atoms with Gasteiger partial charge in [0.15, 0.2) is 18.2 Å². The first kappa shape index (κ1) is 43.1.